The minimum Gasteiger partial charge on any atom is -0.330 e. The van der Waals surface area contributed by atoms with Crippen molar-refractivity contribution in [2.45, 2.75) is 89.7 Å². The lowest BCUT2D eigenvalue weighted by Gasteiger charge is -2.55. The van der Waals surface area contributed by atoms with Gasteiger partial charge in [0.25, 0.3) is 0 Å². The van der Waals surface area contributed by atoms with Gasteiger partial charge in [-0.25, -0.2) is 0 Å². The summed E-state index contributed by atoms with van der Waals surface area (Å²) in [6.07, 6.45) is 12.5. The number of ketones is 1. The Balaban J connectivity index is 1.70. The summed E-state index contributed by atoms with van der Waals surface area (Å²) in [5.74, 6) is 3.84. The normalized spacial score (nSPS) is 42.7. The predicted octanol–water partition coefficient (Wildman–Crippen LogP) is 4.45. The summed E-state index contributed by atoms with van der Waals surface area (Å²) >= 11 is 0. The van der Waals surface area contributed by atoms with Gasteiger partial charge >= 0.3 is 0 Å². The van der Waals surface area contributed by atoms with Gasteiger partial charge in [0.1, 0.15) is 5.78 Å². The third-order valence-electron chi connectivity index (χ3n) is 8.17. The fourth-order valence-electron chi connectivity index (χ4n) is 6.39. The van der Waals surface area contributed by atoms with Crippen LogP contribution >= 0.6 is 0 Å². The molecule has 0 saturated heterocycles. The van der Waals surface area contributed by atoms with E-state index in [0.717, 1.165) is 62.0 Å². The highest BCUT2D eigenvalue weighted by atomic mass is 32.2. The SMILES string of the molecule is CC1CCC2C(CCCC1=O)CCC1CC(S(=O)CCCN)CCC12C. The second kappa shape index (κ2) is 8.86. The second-order valence-electron chi connectivity index (χ2n) is 9.61. The van der Waals surface area contributed by atoms with Crippen molar-refractivity contribution in [1.29, 1.82) is 0 Å². The highest BCUT2D eigenvalue weighted by molar-refractivity contribution is 7.85. The fraction of sp³-hybridized carbons (Fsp3) is 0.955. The first-order valence-electron chi connectivity index (χ1n) is 11.1. The van der Waals surface area contributed by atoms with Crippen molar-refractivity contribution in [2.75, 3.05) is 12.3 Å². The molecule has 0 aliphatic heterocycles. The molecule has 7 atom stereocenters. The Kier molecular flexibility index (Phi) is 6.99. The van der Waals surface area contributed by atoms with Gasteiger partial charge in [0.2, 0.25) is 0 Å². The zero-order chi connectivity index (χ0) is 18.7. The van der Waals surface area contributed by atoms with E-state index in [-0.39, 0.29) is 5.92 Å². The van der Waals surface area contributed by atoms with E-state index < -0.39 is 10.8 Å². The lowest BCUT2D eigenvalue weighted by atomic mass is 9.51. The molecule has 3 fully saturated rings. The van der Waals surface area contributed by atoms with E-state index in [1.165, 1.54) is 32.1 Å². The Morgan fingerprint density at radius 1 is 1.15 bits per heavy atom. The second-order valence-corrected chi connectivity index (χ2v) is 11.4. The maximum atomic E-state index is 12.7. The zero-order valence-corrected chi connectivity index (χ0v) is 17.7. The average molecular weight is 382 g/mol. The molecule has 2 N–H and O–H groups in total. The molecule has 3 aliphatic carbocycles. The van der Waals surface area contributed by atoms with Gasteiger partial charge in [0, 0.05) is 34.1 Å². The molecule has 0 aromatic carbocycles. The maximum Gasteiger partial charge on any atom is 0.135 e. The number of Topliss-reactive ketones (excluding diaryl/α,β-unsaturated/α-hetero) is 1. The molecule has 0 aromatic heterocycles. The molecule has 3 rings (SSSR count). The summed E-state index contributed by atoms with van der Waals surface area (Å²) in [5, 5.41) is 0.396. The number of carbonyl (C=O) groups excluding carboxylic acids is 1. The van der Waals surface area contributed by atoms with E-state index in [2.05, 4.69) is 13.8 Å². The first-order valence-corrected chi connectivity index (χ1v) is 12.4. The minimum atomic E-state index is -0.694. The Morgan fingerprint density at radius 3 is 2.73 bits per heavy atom. The molecule has 0 amide bonds. The van der Waals surface area contributed by atoms with Gasteiger partial charge in [-0.05, 0) is 93.9 Å². The van der Waals surface area contributed by atoms with Crippen LogP contribution in [0.25, 0.3) is 0 Å². The van der Waals surface area contributed by atoms with Crippen LogP contribution in [0.2, 0.25) is 0 Å². The number of hydrogen-bond donors (Lipinski definition) is 1. The molecular formula is C22H39NO2S. The molecular weight excluding hydrogens is 342 g/mol. The molecule has 3 saturated carbocycles. The van der Waals surface area contributed by atoms with Crippen LogP contribution < -0.4 is 5.73 Å². The van der Waals surface area contributed by atoms with Crippen molar-refractivity contribution in [2.24, 2.45) is 34.8 Å². The number of rotatable bonds is 4. The van der Waals surface area contributed by atoms with Gasteiger partial charge in [-0.3, -0.25) is 9.00 Å². The van der Waals surface area contributed by atoms with E-state index in [4.69, 9.17) is 5.73 Å². The summed E-state index contributed by atoms with van der Waals surface area (Å²) in [6, 6.07) is 0. The highest BCUT2D eigenvalue weighted by Gasteiger charge is 2.50. The van der Waals surface area contributed by atoms with E-state index >= 15 is 0 Å². The number of nitrogens with two attached hydrogens (primary N) is 1. The molecule has 0 aromatic rings. The Bertz CT molecular complexity index is 522. The van der Waals surface area contributed by atoms with Crippen molar-refractivity contribution in [3.8, 4) is 0 Å². The van der Waals surface area contributed by atoms with Crippen molar-refractivity contribution >= 4 is 16.6 Å². The Hall–Kier alpha value is -0.220. The highest BCUT2D eigenvalue weighted by Crippen LogP contribution is 2.58. The Morgan fingerprint density at radius 2 is 1.96 bits per heavy atom. The first-order chi connectivity index (χ1) is 12.5. The molecule has 0 heterocycles. The Labute approximate surface area is 162 Å². The lowest BCUT2D eigenvalue weighted by Crippen LogP contribution is -2.48. The monoisotopic (exact) mass is 381 g/mol. The number of hydrogen-bond acceptors (Lipinski definition) is 3. The maximum absolute atomic E-state index is 12.7. The molecule has 7 unspecified atom stereocenters. The average Bonchev–Trinajstić information content (AvgIpc) is 2.70. The summed E-state index contributed by atoms with van der Waals surface area (Å²) < 4.78 is 12.7. The molecule has 0 bridgehead atoms. The van der Waals surface area contributed by atoms with Crippen LogP contribution in [0.1, 0.15) is 84.5 Å². The van der Waals surface area contributed by atoms with E-state index in [1.54, 1.807) is 0 Å². The smallest absolute Gasteiger partial charge is 0.135 e. The molecule has 3 aliphatic rings. The molecule has 26 heavy (non-hydrogen) atoms. The van der Waals surface area contributed by atoms with Crippen LogP contribution in [-0.4, -0.2) is 27.5 Å². The van der Waals surface area contributed by atoms with Gasteiger partial charge in [0.05, 0.1) is 0 Å². The van der Waals surface area contributed by atoms with E-state index in [9.17, 15) is 9.00 Å². The van der Waals surface area contributed by atoms with Crippen LogP contribution in [0, 0.1) is 29.1 Å². The molecule has 4 heteroatoms. The topological polar surface area (TPSA) is 60.2 Å². The quantitative estimate of drug-likeness (QED) is 0.782. The zero-order valence-electron chi connectivity index (χ0n) is 16.9. The van der Waals surface area contributed by atoms with Crippen LogP contribution in [0.5, 0.6) is 0 Å². The molecule has 0 spiro atoms. The third-order valence-corrected chi connectivity index (χ3v) is 10.0. The fourth-order valence-corrected chi connectivity index (χ4v) is 8.00. The van der Waals surface area contributed by atoms with Crippen LogP contribution in [0.3, 0.4) is 0 Å². The molecule has 3 nitrogen and oxygen atoms in total. The van der Waals surface area contributed by atoms with Crippen molar-refractivity contribution in [1.82, 2.24) is 0 Å². The molecule has 150 valence electrons. The third kappa shape index (κ3) is 4.27. The van der Waals surface area contributed by atoms with Gasteiger partial charge in [0.15, 0.2) is 0 Å². The first kappa shape index (κ1) is 20.5. The van der Waals surface area contributed by atoms with Crippen molar-refractivity contribution in [3.63, 3.8) is 0 Å². The predicted molar refractivity (Wildman–Crippen MR) is 109 cm³/mol. The molecule has 0 radical (unpaired) electrons. The summed E-state index contributed by atoms with van der Waals surface area (Å²) in [5.41, 5.74) is 6.02. The number of carbonyl (C=O) groups is 1. The van der Waals surface area contributed by atoms with Crippen LogP contribution in [-0.2, 0) is 15.6 Å². The summed E-state index contributed by atoms with van der Waals surface area (Å²) in [6.45, 7) is 5.33. The lowest BCUT2D eigenvalue weighted by molar-refractivity contribution is -0.122. The minimum absolute atomic E-state index is 0.248. The van der Waals surface area contributed by atoms with Gasteiger partial charge in [-0.2, -0.15) is 0 Å². The van der Waals surface area contributed by atoms with E-state index in [0.29, 0.717) is 23.0 Å². The van der Waals surface area contributed by atoms with Gasteiger partial charge in [-0.1, -0.05) is 13.8 Å². The standard InChI is InChI=1S/C22H39NO2S/c1-16-7-10-20-17(5-3-6-21(16)24)8-9-18-15-19(11-12-22(18,20)2)26(25)14-4-13-23/h16-20H,3-15,23H2,1-2H3. The summed E-state index contributed by atoms with van der Waals surface area (Å²) in [4.78, 5) is 12.2. The van der Waals surface area contributed by atoms with Crippen LogP contribution in [0.4, 0.5) is 0 Å². The number of fused-ring (bicyclic) bond motifs is 3. The van der Waals surface area contributed by atoms with Gasteiger partial charge in [-0.15, -0.1) is 0 Å². The van der Waals surface area contributed by atoms with Crippen molar-refractivity contribution in [3.05, 3.63) is 0 Å². The summed E-state index contributed by atoms with van der Waals surface area (Å²) in [7, 11) is -0.694. The largest absolute Gasteiger partial charge is 0.330 e. The van der Waals surface area contributed by atoms with E-state index in [1.807, 2.05) is 0 Å². The van der Waals surface area contributed by atoms with Crippen LogP contribution in [0.15, 0.2) is 0 Å². The van der Waals surface area contributed by atoms with Gasteiger partial charge < -0.3 is 5.73 Å². The van der Waals surface area contributed by atoms with Crippen molar-refractivity contribution < 1.29 is 9.00 Å².